The van der Waals surface area contributed by atoms with Crippen molar-refractivity contribution in [1.82, 2.24) is 14.5 Å². The summed E-state index contributed by atoms with van der Waals surface area (Å²) in [5, 5.41) is 2.97. The van der Waals surface area contributed by atoms with E-state index in [1.54, 1.807) is 47.2 Å². The SMILES string of the molecule is O=C(Nc1ccncc1)c1cn(-c2ccc(F)cc2)c2ncccc2c1=O. The van der Waals surface area contributed by atoms with Crippen molar-refractivity contribution in [3.8, 4) is 5.69 Å². The van der Waals surface area contributed by atoms with Gasteiger partial charge < -0.3 is 9.88 Å². The Morgan fingerprint density at radius 3 is 2.48 bits per heavy atom. The van der Waals surface area contributed by atoms with Crippen LogP contribution in [0.5, 0.6) is 0 Å². The molecule has 1 aromatic carbocycles. The molecule has 0 fully saturated rings. The number of nitrogens with zero attached hydrogens (tertiary/aromatic N) is 3. The smallest absolute Gasteiger partial charge is 0.261 e. The van der Waals surface area contributed by atoms with Crippen LogP contribution in [0.3, 0.4) is 0 Å². The molecule has 0 radical (unpaired) electrons. The first-order chi connectivity index (χ1) is 13.1. The molecular weight excluding hydrogens is 347 g/mol. The molecule has 1 amide bonds. The van der Waals surface area contributed by atoms with Gasteiger partial charge in [-0.1, -0.05) is 0 Å². The van der Waals surface area contributed by atoms with Crippen molar-refractivity contribution >= 4 is 22.6 Å². The van der Waals surface area contributed by atoms with E-state index >= 15 is 0 Å². The van der Waals surface area contributed by atoms with Gasteiger partial charge in [0.15, 0.2) is 0 Å². The number of carbonyl (C=O) groups excluding carboxylic acids is 1. The van der Waals surface area contributed by atoms with E-state index in [0.717, 1.165) is 0 Å². The maximum Gasteiger partial charge on any atom is 0.261 e. The van der Waals surface area contributed by atoms with Gasteiger partial charge in [0.05, 0.1) is 5.39 Å². The molecule has 4 rings (SSSR count). The molecule has 0 unspecified atom stereocenters. The second kappa shape index (κ2) is 6.80. The van der Waals surface area contributed by atoms with Crippen LogP contribution in [-0.2, 0) is 0 Å². The summed E-state index contributed by atoms with van der Waals surface area (Å²) in [6, 6.07) is 12.2. The number of hydrogen-bond donors (Lipinski definition) is 1. The Hall–Kier alpha value is -3.87. The third-order valence-electron chi connectivity index (χ3n) is 4.05. The van der Waals surface area contributed by atoms with Crippen LogP contribution in [0.25, 0.3) is 16.7 Å². The number of amides is 1. The highest BCUT2D eigenvalue weighted by atomic mass is 19.1. The molecule has 3 aromatic heterocycles. The number of benzene rings is 1. The minimum Gasteiger partial charge on any atom is -0.322 e. The van der Waals surface area contributed by atoms with Crippen LogP contribution in [-0.4, -0.2) is 20.4 Å². The molecule has 0 atom stereocenters. The summed E-state index contributed by atoms with van der Waals surface area (Å²) in [5.41, 5.74) is 1.02. The molecule has 0 saturated heterocycles. The van der Waals surface area contributed by atoms with Gasteiger partial charge in [-0.05, 0) is 48.5 Å². The Morgan fingerprint density at radius 1 is 1.00 bits per heavy atom. The maximum atomic E-state index is 13.3. The summed E-state index contributed by atoms with van der Waals surface area (Å²) in [6.07, 6.45) is 6.05. The van der Waals surface area contributed by atoms with Crippen molar-refractivity contribution in [2.75, 3.05) is 5.32 Å². The second-order valence-corrected chi connectivity index (χ2v) is 5.78. The zero-order valence-corrected chi connectivity index (χ0v) is 14.0. The quantitative estimate of drug-likeness (QED) is 0.609. The first kappa shape index (κ1) is 16.6. The van der Waals surface area contributed by atoms with Crippen molar-refractivity contribution in [3.05, 3.63) is 94.9 Å². The Labute approximate surface area is 152 Å². The molecule has 1 N–H and O–H groups in total. The number of hydrogen-bond acceptors (Lipinski definition) is 4. The summed E-state index contributed by atoms with van der Waals surface area (Å²) in [4.78, 5) is 33.6. The first-order valence-electron chi connectivity index (χ1n) is 8.11. The second-order valence-electron chi connectivity index (χ2n) is 5.78. The summed E-state index contributed by atoms with van der Waals surface area (Å²) < 4.78 is 14.9. The number of pyridine rings is 3. The molecule has 0 saturated carbocycles. The molecule has 0 bridgehead atoms. The van der Waals surface area contributed by atoms with Crippen LogP contribution in [0, 0.1) is 5.82 Å². The highest BCUT2D eigenvalue weighted by Gasteiger charge is 2.17. The molecule has 27 heavy (non-hydrogen) atoms. The van der Waals surface area contributed by atoms with E-state index in [4.69, 9.17) is 0 Å². The van der Waals surface area contributed by atoms with Crippen LogP contribution in [0.2, 0.25) is 0 Å². The average Bonchev–Trinajstić information content (AvgIpc) is 2.70. The van der Waals surface area contributed by atoms with Crippen LogP contribution in [0.4, 0.5) is 10.1 Å². The van der Waals surface area contributed by atoms with Crippen molar-refractivity contribution < 1.29 is 9.18 Å². The normalized spacial score (nSPS) is 10.7. The van der Waals surface area contributed by atoms with Gasteiger partial charge in [0.1, 0.15) is 17.0 Å². The van der Waals surface area contributed by atoms with Crippen molar-refractivity contribution in [3.63, 3.8) is 0 Å². The molecule has 4 aromatic rings. The van der Waals surface area contributed by atoms with Gasteiger partial charge in [0.25, 0.3) is 5.91 Å². The van der Waals surface area contributed by atoms with E-state index in [1.165, 1.54) is 30.7 Å². The topological polar surface area (TPSA) is 76.9 Å². The van der Waals surface area contributed by atoms with Gasteiger partial charge >= 0.3 is 0 Å². The number of nitrogens with one attached hydrogen (secondary N) is 1. The summed E-state index contributed by atoms with van der Waals surface area (Å²) in [6.45, 7) is 0. The zero-order chi connectivity index (χ0) is 18.8. The van der Waals surface area contributed by atoms with Gasteiger partial charge in [-0.25, -0.2) is 9.37 Å². The fourth-order valence-corrected chi connectivity index (χ4v) is 2.75. The van der Waals surface area contributed by atoms with Crippen LogP contribution in [0.1, 0.15) is 10.4 Å². The lowest BCUT2D eigenvalue weighted by molar-refractivity contribution is 0.102. The predicted octanol–water partition coefficient (Wildman–Crippen LogP) is 3.17. The standard InChI is InChI=1S/C20H13FN4O2/c21-13-3-5-15(6-4-13)25-12-17(18(26)16-2-1-9-23-19(16)25)20(27)24-14-7-10-22-11-8-14/h1-12H,(H,22,24,27). The maximum absolute atomic E-state index is 13.3. The number of halogens is 1. The number of anilines is 1. The van der Waals surface area contributed by atoms with Crippen molar-refractivity contribution in [1.29, 1.82) is 0 Å². The highest BCUT2D eigenvalue weighted by molar-refractivity contribution is 6.05. The molecule has 0 spiro atoms. The molecule has 7 heteroatoms. The summed E-state index contributed by atoms with van der Waals surface area (Å²) in [7, 11) is 0. The Bertz CT molecular complexity index is 1190. The molecular formula is C20H13FN4O2. The average molecular weight is 360 g/mol. The number of rotatable bonds is 3. The highest BCUT2D eigenvalue weighted by Crippen LogP contribution is 2.17. The Morgan fingerprint density at radius 2 is 1.74 bits per heavy atom. The van der Waals surface area contributed by atoms with Gasteiger partial charge in [0, 0.05) is 36.2 Å². The summed E-state index contributed by atoms with van der Waals surface area (Å²) >= 11 is 0. The van der Waals surface area contributed by atoms with Gasteiger partial charge in [-0.2, -0.15) is 0 Å². The summed E-state index contributed by atoms with van der Waals surface area (Å²) in [5.74, 6) is -0.930. The lowest BCUT2D eigenvalue weighted by atomic mass is 10.1. The van der Waals surface area contributed by atoms with E-state index in [9.17, 15) is 14.0 Å². The van der Waals surface area contributed by atoms with Crippen LogP contribution < -0.4 is 10.7 Å². The van der Waals surface area contributed by atoms with E-state index < -0.39 is 11.3 Å². The molecule has 132 valence electrons. The third kappa shape index (κ3) is 3.18. The van der Waals surface area contributed by atoms with E-state index in [0.29, 0.717) is 22.4 Å². The Kier molecular flexibility index (Phi) is 4.18. The van der Waals surface area contributed by atoms with Gasteiger partial charge in [-0.3, -0.25) is 14.6 Å². The number of fused-ring (bicyclic) bond motifs is 1. The number of aromatic nitrogens is 3. The Balaban J connectivity index is 1.88. The molecule has 3 heterocycles. The molecule has 0 aliphatic carbocycles. The van der Waals surface area contributed by atoms with E-state index in [1.807, 2.05) is 0 Å². The van der Waals surface area contributed by atoms with Crippen molar-refractivity contribution in [2.45, 2.75) is 0 Å². The zero-order valence-electron chi connectivity index (χ0n) is 14.0. The van der Waals surface area contributed by atoms with Crippen LogP contribution >= 0.6 is 0 Å². The predicted molar refractivity (Wildman–Crippen MR) is 99.5 cm³/mol. The van der Waals surface area contributed by atoms with Crippen molar-refractivity contribution in [2.24, 2.45) is 0 Å². The lowest BCUT2D eigenvalue weighted by Gasteiger charge is -2.13. The molecule has 6 nitrogen and oxygen atoms in total. The van der Waals surface area contributed by atoms with E-state index in [-0.39, 0.29) is 11.4 Å². The van der Waals surface area contributed by atoms with Gasteiger partial charge in [-0.15, -0.1) is 0 Å². The number of carbonyl (C=O) groups is 1. The largest absolute Gasteiger partial charge is 0.322 e. The van der Waals surface area contributed by atoms with E-state index in [2.05, 4.69) is 15.3 Å². The van der Waals surface area contributed by atoms with Crippen LogP contribution in [0.15, 0.2) is 78.1 Å². The lowest BCUT2D eigenvalue weighted by Crippen LogP contribution is -2.24. The fraction of sp³-hybridized carbons (Fsp3) is 0. The monoisotopic (exact) mass is 360 g/mol. The minimum atomic E-state index is -0.548. The minimum absolute atomic E-state index is 0.0448. The van der Waals surface area contributed by atoms with Gasteiger partial charge in [0.2, 0.25) is 5.43 Å². The fourth-order valence-electron chi connectivity index (χ4n) is 2.75. The first-order valence-corrected chi connectivity index (χ1v) is 8.11. The third-order valence-corrected chi connectivity index (χ3v) is 4.05. The molecule has 0 aliphatic rings. The molecule has 0 aliphatic heterocycles.